The third kappa shape index (κ3) is 2.28. The number of aliphatic carboxylic acids is 1. The lowest BCUT2D eigenvalue weighted by atomic mass is 10.0. The van der Waals surface area contributed by atoms with E-state index in [4.69, 9.17) is 5.11 Å². The Bertz CT molecular complexity index is 338. The van der Waals surface area contributed by atoms with Gasteiger partial charge in [0.25, 0.3) is 0 Å². The van der Waals surface area contributed by atoms with E-state index in [0.29, 0.717) is 5.56 Å². The Labute approximate surface area is 83.5 Å². The molecule has 1 N–H and O–H groups in total. The van der Waals surface area contributed by atoms with Crippen molar-refractivity contribution in [3.8, 4) is 0 Å². The van der Waals surface area contributed by atoms with Gasteiger partial charge in [0.2, 0.25) is 0 Å². The number of halogens is 2. The standard InChI is InChI=1S/C9H8BrFO2/c1-5(9(12)13)6-2-3-8(11)7(10)4-6/h2-5H,1H3,(H,12,13). The van der Waals surface area contributed by atoms with Gasteiger partial charge in [0.1, 0.15) is 5.82 Å². The van der Waals surface area contributed by atoms with Gasteiger partial charge < -0.3 is 5.11 Å². The molecule has 0 aromatic heterocycles. The Morgan fingerprint density at radius 3 is 2.69 bits per heavy atom. The quantitative estimate of drug-likeness (QED) is 0.872. The molecule has 4 heteroatoms. The van der Waals surface area contributed by atoms with Gasteiger partial charge in [-0.1, -0.05) is 6.07 Å². The molecule has 0 fully saturated rings. The summed E-state index contributed by atoms with van der Waals surface area (Å²) in [7, 11) is 0. The zero-order valence-corrected chi connectivity index (χ0v) is 8.51. The maximum absolute atomic E-state index is 12.8. The summed E-state index contributed by atoms with van der Waals surface area (Å²) >= 11 is 3.00. The van der Waals surface area contributed by atoms with E-state index in [1.807, 2.05) is 0 Å². The highest BCUT2D eigenvalue weighted by Gasteiger charge is 2.14. The molecular weight excluding hydrogens is 239 g/mol. The van der Waals surface area contributed by atoms with E-state index in [9.17, 15) is 9.18 Å². The van der Waals surface area contributed by atoms with Crippen LogP contribution < -0.4 is 0 Å². The Hall–Kier alpha value is -0.900. The van der Waals surface area contributed by atoms with Gasteiger partial charge in [0, 0.05) is 0 Å². The monoisotopic (exact) mass is 246 g/mol. The molecule has 1 aromatic rings. The van der Waals surface area contributed by atoms with Crippen LogP contribution in [0.25, 0.3) is 0 Å². The van der Waals surface area contributed by atoms with Crippen LogP contribution in [0.4, 0.5) is 4.39 Å². The molecule has 0 amide bonds. The van der Waals surface area contributed by atoms with E-state index >= 15 is 0 Å². The molecule has 1 unspecified atom stereocenters. The Morgan fingerprint density at radius 1 is 1.62 bits per heavy atom. The van der Waals surface area contributed by atoms with Crippen LogP contribution in [0.15, 0.2) is 22.7 Å². The molecule has 0 saturated carbocycles. The van der Waals surface area contributed by atoms with Gasteiger partial charge in [0.15, 0.2) is 0 Å². The van der Waals surface area contributed by atoms with E-state index in [2.05, 4.69) is 15.9 Å². The summed E-state index contributed by atoms with van der Waals surface area (Å²) in [5.41, 5.74) is 0.584. The van der Waals surface area contributed by atoms with Crippen LogP contribution >= 0.6 is 15.9 Å². The van der Waals surface area contributed by atoms with E-state index in [1.165, 1.54) is 18.2 Å². The van der Waals surface area contributed by atoms with Crippen molar-refractivity contribution in [3.63, 3.8) is 0 Å². The van der Waals surface area contributed by atoms with E-state index in [0.717, 1.165) is 0 Å². The van der Waals surface area contributed by atoms with Gasteiger partial charge in [-0.25, -0.2) is 4.39 Å². The van der Waals surface area contributed by atoms with Crippen molar-refractivity contribution in [1.82, 2.24) is 0 Å². The molecule has 1 aromatic carbocycles. The average Bonchev–Trinajstić information content (AvgIpc) is 2.08. The zero-order chi connectivity index (χ0) is 10.0. The Morgan fingerprint density at radius 2 is 2.23 bits per heavy atom. The van der Waals surface area contributed by atoms with Crippen LogP contribution in [0, 0.1) is 5.82 Å². The number of carboxylic acids is 1. The lowest BCUT2D eigenvalue weighted by Crippen LogP contribution is -2.07. The van der Waals surface area contributed by atoms with Crippen molar-refractivity contribution in [1.29, 1.82) is 0 Å². The maximum Gasteiger partial charge on any atom is 0.310 e. The van der Waals surface area contributed by atoms with Gasteiger partial charge >= 0.3 is 5.97 Å². The minimum absolute atomic E-state index is 0.290. The summed E-state index contributed by atoms with van der Waals surface area (Å²) in [5, 5.41) is 8.69. The predicted molar refractivity (Wildman–Crippen MR) is 50.2 cm³/mol. The lowest BCUT2D eigenvalue weighted by molar-refractivity contribution is -0.138. The van der Waals surface area contributed by atoms with Crippen molar-refractivity contribution in [3.05, 3.63) is 34.1 Å². The molecule has 0 saturated heterocycles. The van der Waals surface area contributed by atoms with Crippen LogP contribution in [-0.4, -0.2) is 11.1 Å². The second-order valence-electron chi connectivity index (χ2n) is 2.73. The zero-order valence-electron chi connectivity index (χ0n) is 6.92. The number of carbonyl (C=O) groups is 1. The van der Waals surface area contributed by atoms with Gasteiger partial charge in [0.05, 0.1) is 10.4 Å². The number of carboxylic acid groups (broad SMARTS) is 1. The van der Waals surface area contributed by atoms with E-state index < -0.39 is 11.9 Å². The normalized spacial score (nSPS) is 12.5. The highest BCUT2D eigenvalue weighted by molar-refractivity contribution is 9.10. The smallest absolute Gasteiger partial charge is 0.310 e. The molecule has 0 spiro atoms. The number of hydrogen-bond donors (Lipinski definition) is 1. The SMILES string of the molecule is CC(C(=O)O)c1ccc(F)c(Br)c1. The van der Waals surface area contributed by atoms with Crippen LogP contribution in [0.5, 0.6) is 0 Å². The minimum atomic E-state index is -0.918. The van der Waals surface area contributed by atoms with E-state index in [-0.39, 0.29) is 10.3 Å². The van der Waals surface area contributed by atoms with E-state index in [1.54, 1.807) is 6.92 Å². The molecule has 0 heterocycles. The molecule has 1 atom stereocenters. The molecule has 0 aliphatic rings. The summed E-state index contributed by atoms with van der Waals surface area (Å²) in [5.74, 6) is -1.92. The number of hydrogen-bond acceptors (Lipinski definition) is 1. The fourth-order valence-electron chi connectivity index (χ4n) is 0.924. The van der Waals surface area contributed by atoms with Crippen molar-refractivity contribution in [2.75, 3.05) is 0 Å². The molecule has 0 aliphatic heterocycles. The fourth-order valence-corrected chi connectivity index (χ4v) is 1.32. The highest BCUT2D eigenvalue weighted by Crippen LogP contribution is 2.22. The Balaban J connectivity index is 3.03. The molecule has 70 valence electrons. The molecule has 0 radical (unpaired) electrons. The fraction of sp³-hybridized carbons (Fsp3) is 0.222. The summed E-state index contributed by atoms with van der Waals surface area (Å²) in [4.78, 5) is 10.6. The van der Waals surface area contributed by atoms with Gasteiger partial charge in [-0.05, 0) is 40.5 Å². The van der Waals surface area contributed by atoms with Gasteiger partial charge in [-0.2, -0.15) is 0 Å². The first kappa shape index (κ1) is 10.2. The maximum atomic E-state index is 12.8. The molecular formula is C9H8BrFO2. The first-order chi connectivity index (χ1) is 6.02. The predicted octanol–water partition coefficient (Wildman–Crippen LogP) is 2.78. The third-order valence-corrected chi connectivity index (χ3v) is 2.42. The van der Waals surface area contributed by atoms with Crippen molar-refractivity contribution in [2.24, 2.45) is 0 Å². The van der Waals surface area contributed by atoms with Crippen LogP contribution in [-0.2, 0) is 4.79 Å². The largest absolute Gasteiger partial charge is 0.481 e. The topological polar surface area (TPSA) is 37.3 Å². The second-order valence-corrected chi connectivity index (χ2v) is 3.59. The minimum Gasteiger partial charge on any atom is -0.481 e. The highest BCUT2D eigenvalue weighted by atomic mass is 79.9. The summed E-state index contributed by atoms with van der Waals surface area (Å²) in [6.45, 7) is 1.56. The lowest BCUT2D eigenvalue weighted by Gasteiger charge is -2.06. The average molecular weight is 247 g/mol. The molecule has 1 rings (SSSR count). The molecule has 2 nitrogen and oxygen atoms in total. The van der Waals surface area contributed by atoms with Crippen LogP contribution in [0.3, 0.4) is 0 Å². The first-order valence-corrected chi connectivity index (χ1v) is 4.49. The summed E-state index contributed by atoms with van der Waals surface area (Å²) in [6.07, 6.45) is 0. The number of rotatable bonds is 2. The van der Waals surface area contributed by atoms with Crippen molar-refractivity contribution >= 4 is 21.9 Å². The van der Waals surface area contributed by atoms with Crippen LogP contribution in [0.1, 0.15) is 18.4 Å². The first-order valence-electron chi connectivity index (χ1n) is 3.70. The summed E-state index contributed by atoms with van der Waals surface area (Å²) in [6, 6.07) is 4.20. The molecule has 13 heavy (non-hydrogen) atoms. The van der Waals surface area contributed by atoms with Crippen LogP contribution in [0.2, 0.25) is 0 Å². The molecule has 0 aliphatic carbocycles. The van der Waals surface area contributed by atoms with Gasteiger partial charge in [-0.15, -0.1) is 0 Å². The summed E-state index contributed by atoms with van der Waals surface area (Å²) < 4.78 is 13.1. The third-order valence-electron chi connectivity index (χ3n) is 1.81. The number of benzene rings is 1. The van der Waals surface area contributed by atoms with Crippen molar-refractivity contribution < 1.29 is 14.3 Å². The van der Waals surface area contributed by atoms with Gasteiger partial charge in [-0.3, -0.25) is 4.79 Å². The van der Waals surface area contributed by atoms with Crippen molar-refractivity contribution in [2.45, 2.75) is 12.8 Å². The Kier molecular flexibility index (Phi) is 3.03. The second kappa shape index (κ2) is 3.87. The molecule has 0 bridgehead atoms.